The molecule has 2 heterocycles. The number of anilines is 2. The molecule has 7 nitrogen and oxygen atoms in total. The van der Waals surface area contributed by atoms with E-state index < -0.39 is 0 Å². The second-order valence-corrected chi connectivity index (χ2v) is 4.85. The molecule has 0 atom stereocenters. The molecule has 1 saturated heterocycles. The fraction of sp³-hybridized carbons (Fsp3) is 0.600. The third-order valence-corrected chi connectivity index (χ3v) is 3.73. The van der Waals surface area contributed by atoms with Crippen molar-refractivity contribution in [2.24, 2.45) is 5.84 Å². The maximum atomic E-state index is 8.91. The van der Waals surface area contributed by atoms with Crippen LogP contribution in [-0.4, -0.2) is 59.3 Å². The van der Waals surface area contributed by atoms with Crippen molar-refractivity contribution in [1.29, 1.82) is 0 Å². The highest BCUT2D eigenvalue weighted by Crippen LogP contribution is 2.29. The van der Waals surface area contributed by atoms with Crippen LogP contribution in [0.3, 0.4) is 0 Å². The Morgan fingerprint density at radius 1 is 1.33 bits per heavy atom. The van der Waals surface area contributed by atoms with Crippen molar-refractivity contribution in [2.75, 3.05) is 49.7 Å². The Labute approximate surface area is 114 Å². The third kappa shape index (κ3) is 2.89. The number of piperazine rings is 1. The van der Waals surface area contributed by atoms with E-state index in [-0.39, 0.29) is 6.61 Å². The number of hydrogen-bond donors (Lipinski definition) is 3. The minimum atomic E-state index is 0.207. The lowest BCUT2D eigenvalue weighted by atomic mass is 10.3. The normalized spacial score (nSPS) is 16.9. The van der Waals surface area contributed by atoms with E-state index in [9.17, 15) is 0 Å². The highest BCUT2D eigenvalue weighted by atomic mass is 79.9. The molecule has 0 bridgehead atoms. The zero-order valence-electron chi connectivity index (χ0n) is 10.0. The SMILES string of the molecule is NNc1ncnc(N2CCN(CCO)CC2)c1Br. The molecule has 0 aliphatic carbocycles. The van der Waals surface area contributed by atoms with Crippen molar-refractivity contribution in [3.63, 3.8) is 0 Å². The first-order valence-corrected chi connectivity index (χ1v) is 6.61. The number of aliphatic hydroxyl groups is 1. The molecular formula is C10H17BrN6O. The quantitative estimate of drug-likeness (QED) is 0.516. The molecule has 100 valence electrons. The van der Waals surface area contributed by atoms with Crippen LogP contribution in [-0.2, 0) is 0 Å². The lowest BCUT2D eigenvalue weighted by molar-refractivity contribution is 0.188. The maximum Gasteiger partial charge on any atom is 0.159 e. The molecule has 4 N–H and O–H groups in total. The Kier molecular flexibility index (Phi) is 4.70. The second-order valence-electron chi connectivity index (χ2n) is 4.06. The van der Waals surface area contributed by atoms with Gasteiger partial charge in [0, 0.05) is 32.7 Å². The van der Waals surface area contributed by atoms with Gasteiger partial charge in [0.05, 0.1) is 6.61 Å². The summed E-state index contributed by atoms with van der Waals surface area (Å²) in [5.74, 6) is 6.82. The highest BCUT2D eigenvalue weighted by molar-refractivity contribution is 9.10. The van der Waals surface area contributed by atoms with Gasteiger partial charge in [-0.2, -0.15) is 0 Å². The Balaban J connectivity index is 2.05. The summed E-state index contributed by atoms with van der Waals surface area (Å²) < 4.78 is 0.781. The number of nitrogens with one attached hydrogen (secondary N) is 1. The first-order valence-electron chi connectivity index (χ1n) is 5.81. The molecule has 1 aromatic heterocycles. The van der Waals surface area contributed by atoms with Gasteiger partial charge in [-0.05, 0) is 15.9 Å². The molecule has 1 fully saturated rings. The van der Waals surface area contributed by atoms with Gasteiger partial charge in [0.25, 0.3) is 0 Å². The van der Waals surface area contributed by atoms with Gasteiger partial charge in [0.1, 0.15) is 16.6 Å². The van der Waals surface area contributed by atoms with E-state index >= 15 is 0 Å². The monoisotopic (exact) mass is 316 g/mol. The van der Waals surface area contributed by atoms with Crippen LogP contribution in [0.2, 0.25) is 0 Å². The zero-order valence-corrected chi connectivity index (χ0v) is 11.6. The minimum Gasteiger partial charge on any atom is -0.395 e. The lowest BCUT2D eigenvalue weighted by Gasteiger charge is -2.35. The van der Waals surface area contributed by atoms with Crippen molar-refractivity contribution in [1.82, 2.24) is 14.9 Å². The minimum absolute atomic E-state index is 0.207. The average Bonchev–Trinajstić information content (AvgIpc) is 2.41. The zero-order chi connectivity index (χ0) is 13.0. The van der Waals surface area contributed by atoms with E-state index in [0.29, 0.717) is 5.82 Å². The van der Waals surface area contributed by atoms with E-state index in [0.717, 1.165) is 43.0 Å². The Morgan fingerprint density at radius 3 is 2.67 bits per heavy atom. The fourth-order valence-electron chi connectivity index (χ4n) is 2.01. The summed E-state index contributed by atoms with van der Waals surface area (Å²) in [4.78, 5) is 12.7. The molecule has 1 aromatic rings. The largest absolute Gasteiger partial charge is 0.395 e. The summed E-state index contributed by atoms with van der Waals surface area (Å²) in [6, 6.07) is 0. The number of β-amino-alcohol motifs (C(OH)–C–C–N with tert-alkyl or cyclic N) is 1. The second kappa shape index (κ2) is 6.28. The van der Waals surface area contributed by atoms with Gasteiger partial charge < -0.3 is 15.4 Å². The molecule has 0 amide bonds. The van der Waals surface area contributed by atoms with E-state index in [4.69, 9.17) is 10.9 Å². The van der Waals surface area contributed by atoms with Crippen LogP contribution < -0.4 is 16.2 Å². The summed E-state index contributed by atoms with van der Waals surface area (Å²) in [6.07, 6.45) is 1.50. The summed E-state index contributed by atoms with van der Waals surface area (Å²) in [5, 5.41) is 8.91. The van der Waals surface area contributed by atoms with Crippen molar-refractivity contribution < 1.29 is 5.11 Å². The number of hydrazine groups is 1. The molecular weight excluding hydrogens is 300 g/mol. The molecule has 8 heteroatoms. The number of nitrogens with zero attached hydrogens (tertiary/aromatic N) is 4. The number of nitrogens with two attached hydrogens (primary N) is 1. The first kappa shape index (κ1) is 13.5. The molecule has 0 unspecified atom stereocenters. The van der Waals surface area contributed by atoms with Crippen LogP contribution in [0.5, 0.6) is 0 Å². The van der Waals surface area contributed by atoms with Gasteiger partial charge in [-0.15, -0.1) is 0 Å². The topological polar surface area (TPSA) is 90.5 Å². The highest BCUT2D eigenvalue weighted by Gasteiger charge is 2.20. The van der Waals surface area contributed by atoms with E-state index in [1.54, 1.807) is 0 Å². The Hall–Kier alpha value is -0.960. The average molecular weight is 317 g/mol. The summed E-state index contributed by atoms with van der Waals surface area (Å²) >= 11 is 3.46. The molecule has 18 heavy (non-hydrogen) atoms. The summed E-state index contributed by atoms with van der Waals surface area (Å²) in [6.45, 7) is 4.52. The maximum absolute atomic E-state index is 8.91. The van der Waals surface area contributed by atoms with Gasteiger partial charge in [-0.3, -0.25) is 4.90 Å². The number of hydrogen-bond acceptors (Lipinski definition) is 7. The van der Waals surface area contributed by atoms with Crippen LogP contribution >= 0.6 is 15.9 Å². The lowest BCUT2D eigenvalue weighted by Crippen LogP contribution is -2.47. The third-order valence-electron chi connectivity index (χ3n) is 3.00. The Morgan fingerprint density at radius 2 is 2.06 bits per heavy atom. The van der Waals surface area contributed by atoms with E-state index in [2.05, 4.69) is 41.1 Å². The van der Waals surface area contributed by atoms with Gasteiger partial charge in [0.15, 0.2) is 5.82 Å². The first-order chi connectivity index (χ1) is 8.76. The molecule has 2 rings (SSSR count). The van der Waals surface area contributed by atoms with Crippen molar-refractivity contribution >= 4 is 27.6 Å². The van der Waals surface area contributed by atoms with Crippen LogP contribution in [0.15, 0.2) is 10.8 Å². The molecule has 0 spiro atoms. The molecule has 0 saturated carbocycles. The molecule has 1 aliphatic heterocycles. The number of aliphatic hydroxyl groups excluding tert-OH is 1. The number of rotatable bonds is 4. The van der Waals surface area contributed by atoms with E-state index in [1.165, 1.54) is 6.33 Å². The van der Waals surface area contributed by atoms with Crippen molar-refractivity contribution in [3.8, 4) is 0 Å². The van der Waals surface area contributed by atoms with Crippen molar-refractivity contribution in [3.05, 3.63) is 10.8 Å². The number of halogens is 1. The van der Waals surface area contributed by atoms with Crippen LogP contribution in [0.25, 0.3) is 0 Å². The van der Waals surface area contributed by atoms with Crippen LogP contribution in [0, 0.1) is 0 Å². The number of aromatic nitrogens is 2. The molecule has 1 aliphatic rings. The van der Waals surface area contributed by atoms with Gasteiger partial charge >= 0.3 is 0 Å². The van der Waals surface area contributed by atoms with Crippen LogP contribution in [0.4, 0.5) is 11.6 Å². The summed E-state index contributed by atoms with van der Waals surface area (Å²) in [7, 11) is 0. The van der Waals surface area contributed by atoms with Crippen LogP contribution in [0.1, 0.15) is 0 Å². The predicted octanol–water partition coefficient (Wildman–Crippen LogP) is -0.361. The summed E-state index contributed by atoms with van der Waals surface area (Å²) in [5.41, 5.74) is 2.54. The smallest absolute Gasteiger partial charge is 0.159 e. The van der Waals surface area contributed by atoms with Gasteiger partial charge in [-0.1, -0.05) is 0 Å². The Bertz CT molecular complexity index is 396. The van der Waals surface area contributed by atoms with E-state index in [1.807, 2.05) is 0 Å². The number of nitrogen functional groups attached to an aromatic ring is 1. The molecule has 0 radical (unpaired) electrons. The fourth-order valence-corrected chi connectivity index (χ4v) is 2.58. The predicted molar refractivity (Wildman–Crippen MR) is 73.3 cm³/mol. The molecule has 0 aromatic carbocycles. The van der Waals surface area contributed by atoms with Gasteiger partial charge in [0.2, 0.25) is 0 Å². The standard InChI is InChI=1S/C10H17BrN6O/c11-8-9(15-12)13-7-14-10(8)17-3-1-16(2-4-17)5-6-18/h7,18H,1-6,12H2,(H,13,14,15). The van der Waals surface area contributed by atoms with Crippen molar-refractivity contribution in [2.45, 2.75) is 0 Å². The van der Waals surface area contributed by atoms with Gasteiger partial charge in [-0.25, -0.2) is 15.8 Å².